The number of carbonyl (C=O) groups excluding carboxylic acids is 1. The average Bonchev–Trinajstić information content (AvgIpc) is 2.73. The number of carbonyl (C=O) groups is 3. The number of carboxylic acids is 2. The molecule has 8 heteroatoms. The zero-order chi connectivity index (χ0) is 15.1. The molecule has 1 heterocycles. The van der Waals surface area contributed by atoms with Crippen molar-refractivity contribution in [3.8, 4) is 0 Å². The molecule has 110 valence electrons. The summed E-state index contributed by atoms with van der Waals surface area (Å²) in [5.74, 6) is -3.06. The fourth-order valence-electron chi connectivity index (χ4n) is 1.55. The Balaban J connectivity index is 2.34. The van der Waals surface area contributed by atoms with Gasteiger partial charge in [-0.2, -0.15) is 0 Å². The Hall–Kier alpha value is -1.41. The second-order valence-electron chi connectivity index (χ2n) is 4.12. The largest absolute Gasteiger partial charge is 0.481 e. The summed E-state index contributed by atoms with van der Waals surface area (Å²) in [7, 11) is 0. The first-order chi connectivity index (χ1) is 9.38. The summed E-state index contributed by atoms with van der Waals surface area (Å²) >= 11 is 4.92. The molecule has 3 N–H and O–H groups in total. The SMILES string of the molecule is O=C(O)C[C@H](NC(=O)CCCc1ccc(Br)s1)C(=O)O. The van der Waals surface area contributed by atoms with Crippen molar-refractivity contribution in [3.05, 3.63) is 20.8 Å². The molecule has 0 aliphatic carbocycles. The highest BCUT2D eigenvalue weighted by Crippen LogP contribution is 2.23. The third-order valence-electron chi connectivity index (χ3n) is 2.47. The first kappa shape index (κ1) is 16.6. The van der Waals surface area contributed by atoms with E-state index in [1.807, 2.05) is 12.1 Å². The Morgan fingerprint density at radius 3 is 2.50 bits per heavy atom. The summed E-state index contributed by atoms with van der Waals surface area (Å²) in [4.78, 5) is 34.0. The lowest BCUT2D eigenvalue weighted by atomic mass is 10.1. The molecular weight excluding hydrogens is 350 g/mol. The van der Waals surface area contributed by atoms with Gasteiger partial charge in [0.1, 0.15) is 6.04 Å². The third-order valence-corrected chi connectivity index (χ3v) is 4.15. The van der Waals surface area contributed by atoms with E-state index in [2.05, 4.69) is 21.2 Å². The molecule has 0 unspecified atom stereocenters. The molecule has 1 aromatic rings. The van der Waals surface area contributed by atoms with Crippen molar-refractivity contribution in [2.75, 3.05) is 0 Å². The average molecular weight is 364 g/mol. The van der Waals surface area contributed by atoms with Crippen LogP contribution in [0.4, 0.5) is 0 Å². The van der Waals surface area contributed by atoms with Crippen LogP contribution in [0.2, 0.25) is 0 Å². The fraction of sp³-hybridized carbons (Fsp3) is 0.417. The van der Waals surface area contributed by atoms with E-state index in [1.54, 1.807) is 11.3 Å². The topological polar surface area (TPSA) is 104 Å². The van der Waals surface area contributed by atoms with Gasteiger partial charge in [-0.1, -0.05) is 0 Å². The van der Waals surface area contributed by atoms with Crippen LogP contribution in [0.3, 0.4) is 0 Å². The fourth-order valence-corrected chi connectivity index (χ4v) is 3.08. The molecule has 0 saturated heterocycles. The Bertz CT molecular complexity index is 502. The van der Waals surface area contributed by atoms with Gasteiger partial charge in [0.05, 0.1) is 10.2 Å². The molecule has 0 aliphatic heterocycles. The third kappa shape index (κ3) is 6.16. The van der Waals surface area contributed by atoms with Gasteiger partial charge in [0, 0.05) is 11.3 Å². The maximum absolute atomic E-state index is 11.6. The summed E-state index contributed by atoms with van der Waals surface area (Å²) in [5.41, 5.74) is 0. The number of aliphatic carboxylic acids is 2. The number of hydrogen-bond acceptors (Lipinski definition) is 4. The van der Waals surface area contributed by atoms with Gasteiger partial charge in [0.15, 0.2) is 0 Å². The Morgan fingerprint density at radius 2 is 2.00 bits per heavy atom. The van der Waals surface area contributed by atoms with Gasteiger partial charge in [-0.25, -0.2) is 4.79 Å². The molecule has 1 amide bonds. The predicted octanol–water partition coefficient (Wildman–Crippen LogP) is 1.88. The van der Waals surface area contributed by atoms with E-state index in [-0.39, 0.29) is 6.42 Å². The Labute approximate surface area is 127 Å². The zero-order valence-corrected chi connectivity index (χ0v) is 12.9. The minimum atomic E-state index is -1.38. The number of halogens is 1. The van der Waals surface area contributed by atoms with Crippen LogP contribution in [0.15, 0.2) is 15.9 Å². The van der Waals surface area contributed by atoms with Crippen LogP contribution in [-0.4, -0.2) is 34.1 Å². The van der Waals surface area contributed by atoms with Crippen molar-refractivity contribution < 1.29 is 24.6 Å². The van der Waals surface area contributed by atoms with Crippen LogP contribution in [0.5, 0.6) is 0 Å². The lowest BCUT2D eigenvalue weighted by Gasteiger charge is -2.12. The van der Waals surface area contributed by atoms with Crippen LogP contribution in [0.25, 0.3) is 0 Å². The molecule has 1 atom stereocenters. The molecule has 0 radical (unpaired) electrons. The maximum atomic E-state index is 11.6. The molecule has 1 rings (SSSR count). The molecular formula is C12H14BrNO5S. The second kappa shape index (κ2) is 8.01. The number of carboxylic acid groups (broad SMARTS) is 2. The van der Waals surface area contributed by atoms with E-state index < -0.39 is 30.3 Å². The number of thiophene rings is 1. The first-order valence-electron chi connectivity index (χ1n) is 5.86. The molecule has 0 saturated carbocycles. The summed E-state index contributed by atoms with van der Waals surface area (Å²) in [6.07, 6.45) is 0.844. The molecule has 0 aromatic carbocycles. The van der Waals surface area contributed by atoms with Crippen molar-refractivity contribution in [1.82, 2.24) is 5.32 Å². The monoisotopic (exact) mass is 363 g/mol. The molecule has 1 aromatic heterocycles. The highest BCUT2D eigenvalue weighted by Gasteiger charge is 2.22. The summed E-state index contributed by atoms with van der Waals surface area (Å²) in [6.45, 7) is 0. The first-order valence-corrected chi connectivity index (χ1v) is 7.47. The summed E-state index contributed by atoms with van der Waals surface area (Å²) < 4.78 is 1.02. The predicted molar refractivity (Wildman–Crippen MR) is 76.8 cm³/mol. The highest BCUT2D eigenvalue weighted by atomic mass is 79.9. The van der Waals surface area contributed by atoms with E-state index in [0.29, 0.717) is 6.42 Å². The van der Waals surface area contributed by atoms with Crippen LogP contribution in [0, 0.1) is 0 Å². The molecule has 0 aliphatic rings. The van der Waals surface area contributed by atoms with Crippen molar-refractivity contribution in [2.24, 2.45) is 0 Å². The van der Waals surface area contributed by atoms with Crippen LogP contribution < -0.4 is 5.32 Å². The van der Waals surface area contributed by atoms with E-state index in [0.717, 1.165) is 15.1 Å². The Kier molecular flexibility index (Phi) is 6.66. The van der Waals surface area contributed by atoms with E-state index in [4.69, 9.17) is 10.2 Å². The number of hydrogen-bond donors (Lipinski definition) is 3. The second-order valence-corrected chi connectivity index (χ2v) is 6.66. The zero-order valence-electron chi connectivity index (χ0n) is 10.5. The maximum Gasteiger partial charge on any atom is 0.326 e. The molecule has 0 bridgehead atoms. The standard InChI is InChI=1S/C12H14BrNO5S/c13-9-5-4-7(20-9)2-1-3-10(15)14-8(12(18)19)6-11(16)17/h4-5,8H,1-3,6H2,(H,14,15)(H,16,17)(H,18,19)/t8-/m0/s1. The van der Waals surface area contributed by atoms with Gasteiger partial charge in [-0.05, 0) is 40.9 Å². The smallest absolute Gasteiger partial charge is 0.326 e. The molecule has 0 spiro atoms. The molecule has 0 fully saturated rings. The van der Waals surface area contributed by atoms with Gasteiger partial charge in [-0.15, -0.1) is 11.3 Å². The normalized spacial score (nSPS) is 11.8. The number of rotatable bonds is 8. The minimum absolute atomic E-state index is 0.166. The highest BCUT2D eigenvalue weighted by molar-refractivity contribution is 9.11. The lowest BCUT2D eigenvalue weighted by molar-refractivity contribution is -0.147. The summed E-state index contributed by atoms with van der Waals surface area (Å²) in [5, 5.41) is 19.6. The van der Waals surface area contributed by atoms with Gasteiger partial charge >= 0.3 is 11.9 Å². The van der Waals surface area contributed by atoms with Gasteiger partial charge < -0.3 is 15.5 Å². The van der Waals surface area contributed by atoms with Crippen molar-refractivity contribution >= 4 is 45.1 Å². The van der Waals surface area contributed by atoms with Crippen molar-refractivity contribution in [2.45, 2.75) is 31.7 Å². The number of aryl methyl sites for hydroxylation is 1. The quantitative estimate of drug-likeness (QED) is 0.654. The van der Waals surface area contributed by atoms with E-state index in [1.165, 1.54) is 0 Å². The van der Waals surface area contributed by atoms with E-state index >= 15 is 0 Å². The van der Waals surface area contributed by atoms with Gasteiger partial charge in [0.25, 0.3) is 0 Å². The number of amides is 1. The Morgan fingerprint density at radius 1 is 1.30 bits per heavy atom. The van der Waals surface area contributed by atoms with Gasteiger partial charge in [0.2, 0.25) is 5.91 Å². The van der Waals surface area contributed by atoms with Crippen LogP contribution in [0.1, 0.15) is 24.1 Å². The van der Waals surface area contributed by atoms with Crippen molar-refractivity contribution in [1.29, 1.82) is 0 Å². The minimum Gasteiger partial charge on any atom is -0.481 e. The van der Waals surface area contributed by atoms with Crippen LogP contribution in [-0.2, 0) is 20.8 Å². The number of nitrogens with one attached hydrogen (secondary N) is 1. The molecule has 20 heavy (non-hydrogen) atoms. The van der Waals surface area contributed by atoms with E-state index in [9.17, 15) is 14.4 Å². The molecule has 6 nitrogen and oxygen atoms in total. The van der Waals surface area contributed by atoms with Crippen molar-refractivity contribution in [3.63, 3.8) is 0 Å². The van der Waals surface area contributed by atoms with Gasteiger partial charge in [-0.3, -0.25) is 9.59 Å². The lowest BCUT2D eigenvalue weighted by Crippen LogP contribution is -2.42. The van der Waals surface area contributed by atoms with Crippen LogP contribution >= 0.6 is 27.3 Å². The summed E-state index contributed by atoms with van der Waals surface area (Å²) in [6, 6.07) is 2.50.